The lowest BCUT2D eigenvalue weighted by Crippen LogP contribution is -2.36. The number of likely N-dealkylation sites (N-methyl/N-ethyl adjacent to an activating group) is 1. The lowest BCUT2D eigenvalue weighted by atomic mass is 10.3. The first-order valence-corrected chi connectivity index (χ1v) is 4.56. The van der Waals surface area contributed by atoms with Crippen molar-refractivity contribution in [2.45, 2.75) is 0 Å². The molecule has 0 spiro atoms. The Morgan fingerprint density at radius 3 is 2.44 bits per heavy atom. The fourth-order valence-corrected chi connectivity index (χ4v) is 1.03. The van der Waals surface area contributed by atoms with E-state index in [-0.39, 0.29) is 5.84 Å². The zero-order valence-electron chi connectivity index (χ0n) is 9.02. The summed E-state index contributed by atoms with van der Waals surface area (Å²) in [7, 11) is 3.01. The van der Waals surface area contributed by atoms with Crippen LogP contribution in [0.4, 0.5) is 5.69 Å². The monoisotopic (exact) mass is 223 g/mol. The van der Waals surface area contributed by atoms with Gasteiger partial charge in [0.15, 0.2) is 0 Å². The Morgan fingerprint density at radius 1 is 1.38 bits per heavy atom. The smallest absolute Gasteiger partial charge is 0.288 e. The van der Waals surface area contributed by atoms with E-state index in [0.717, 1.165) is 0 Å². The summed E-state index contributed by atoms with van der Waals surface area (Å²) in [6, 6.07) is 6.74. The van der Waals surface area contributed by atoms with Gasteiger partial charge in [0.2, 0.25) is 5.84 Å². The number of aliphatic imine (C=N–C) groups is 1. The molecule has 0 atom stereocenters. The highest BCUT2D eigenvalue weighted by Crippen LogP contribution is 2.17. The number of ether oxygens (including phenoxy) is 1. The van der Waals surface area contributed by atoms with E-state index in [4.69, 9.17) is 9.94 Å². The SMILES string of the molecule is CNC(=O)C(=Nc1ccc(OC)cc1)NO. The number of benzene rings is 1. The Balaban J connectivity index is 2.91. The van der Waals surface area contributed by atoms with Gasteiger partial charge in [-0.05, 0) is 24.3 Å². The number of carbonyl (C=O) groups is 1. The van der Waals surface area contributed by atoms with Crippen molar-refractivity contribution in [1.82, 2.24) is 10.8 Å². The maximum absolute atomic E-state index is 11.2. The molecule has 86 valence electrons. The molecule has 0 fully saturated rings. The Hall–Kier alpha value is -2.08. The average molecular weight is 223 g/mol. The first kappa shape index (κ1) is 12.0. The molecule has 0 aliphatic heterocycles. The summed E-state index contributed by atoms with van der Waals surface area (Å²) >= 11 is 0. The number of carbonyl (C=O) groups excluding carboxylic acids is 1. The van der Waals surface area contributed by atoms with E-state index in [9.17, 15) is 4.79 Å². The number of rotatable bonds is 2. The van der Waals surface area contributed by atoms with Crippen molar-refractivity contribution in [2.24, 2.45) is 4.99 Å². The first-order valence-electron chi connectivity index (χ1n) is 4.56. The third kappa shape index (κ3) is 2.96. The van der Waals surface area contributed by atoms with Gasteiger partial charge in [-0.2, -0.15) is 0 Å². The normalized spacial score (nSPS) is 10.8. The Kier molecular flexibility index (Phi) is 4.28. The Labute approximate surface area is 92.9 Å². The van der Waals surface area contributed by atoms with Crippen LogP contribution in [-0.4, -0.2) is 31.1 Å². The van der Waals surface area contributed by atoms with E-state index in [2.05, 4.69) is 10.3 Å². The minimum Gasteiger partial charge on any atom is -0.497 e. The number of methoxy groups -OCH3 is 1. The number of hydrogen-bond acceptors (Lipinski definition) is 4. The Bertz CT molecular complexity index is 387. The van der Waals surface area contributed by atoms with Gasteiger partial charge >= 0.3 is 0 Å². The minimum atomic E-state index is -0.502. The van der Waals surface area contributed by atoms with Gasteiger partial charge in [0.1, 0.15) is 5.75 Å². The summed E-state index contributed by atoms with van der Waals surface area (Å²) in [5.74, 6) is 0.0170. The van der Waals surface area contributed by atoms with Crippen LogP contribution in [0.5, 0.6) is 5.75 Å². The van der Waals surface area contributed by atoms with Crippen LogP contribution in [0.3, 0.4) is 0 Å². The highest BCUT2D eigenvalue weighted by Gasteiger charge is 2.07. The molecule has 0 aromatic heterocycles. The second-order valence-electron chi connectivity index (χ2n) is 2.85. The van der Waals surface area contributed by atoms with Crippen LogP contribution in [0.15, 0.2) is 29.3 Å². The van der Waals surface area contributed by atoms with E-state index >= 15 is 0 Å². The first-order chi connectivity index (χ1) is 7.71. The van der Waals surface area contributed by atoms with Gasteiger partial charge in [0.05, 0.1) is 12.8 Å². The summed E-state index contributed by atoms with van der Waals surface area (Å²) < 4.78 is 4.98. The molecule has 0 unspecified atom stereocenters. The van der Waals surface area contributed by atoms with Crippen LogP contribution in [0.2, 0.25) is 0 Å². The van der Waals surface area contributed by atoms with E-state index in [1.165, 1.54) is 7.05 Å². The van der Waals surface area contributed by atoms with Crippen molar-refractivity contribution >= 4 is 17.4 Å². The molecule has 0 aliphatic rings. The van der Waals surface area contributed by atoms with Gasteiger partial charge < -0.3 is 10.1 Å². The quantitative estimate of drug-likeness (QED) is 0.386. The number of amides is 1. The predicted octanol–water partition coefficient (Wildman–Crippen LogP) is 0.450. The van der Waals surface area contributed by atoms with Crippen LogP contribution in [-0.2, 0) is 4.79 Å². The molecule has 0 heterocycles. The summed E-state index contributed by atoms with van der Waals surface area (Å²) in [5.41, 5.74) is 2.27. The Morgan fingerprint density at radius 2 is 2.00 bits per heavy atom. The number of nitrogens with zero attached hydrogens (tertiary/aromatic N) is 1. The average Bonchev–Trinajstić information content (AvgIpc) is 2.35. The van der Waals surface area contributed by atoms with Crippen LogP contribution >= 0.6 is 0 Å². The number of amidine groups is 1. The number of hydrogen-bond donors (Lipinski definition) is 3. The molecule has 1 aromatic rings. The van der Waals surface area contributed by atoms with E-state index in [1.807, 2.05) is 0 Å². The fourth-order valence-electron chi connectivity index (χ4n) is 1.03. The third-order valence-corrected chi connectivity index (χ3v) is 1.86. The van der Waals surface area contributed by atoms with Crippen LogP contribution in [0, 0.1) is 0 Å². The summed E-state index contributed by atoms with van der Waals surface area (Å²) in [6.07, 6.45) is 0. The van der Waals surface area contributed by atoms with Crippen molar-refractivity contribution in [2.75, 3.05) is 14.2 Å². The molecule has 0 saturated carbocycles. The van der Waals surface area contributed by atoms with Gasteiger partial charge in [-0.25, -0.2) is 10.5 Å². The largest absolute Gasteiger partial charge is 0.497 e. The summed E-state index contributed by atoms with van der Waals surface area (Å²) in [6.45, 7) is 0. The van der Waals surface area contributed by atoms with Gasteiger partial charge in [-0.3, -0.25) is 10.0 Å². The molecule has 0 bridgehead atoms. The van der Waals surface area contributed by atoms with Gasteiger partial charge in [0.25, 0.3) is 5.91 Å². The zero-order chi connectivity index (χ0) is 12.0. The molecule has 6 nitrogen and oxygen atoms in total. The topological polar surface area (TPSA) is 83.0 Å². The molecule has 3 N–H and O–H groups in total. The maximum atomic E-state index is 11.2. The van der Waals surface area contributed by atoms with Crippen molar-refractivity contribution in [1.29, 1.82) is 0 Å². The molecule has 1 aromatic carbocycles. The lowest BCUT2D eigenvalue weighted by Gasteiger charge is -2.03. The number of nitrogens with one attached hydrogen (secondary N) is 2. The standard InChI is InChI=1S/C10H13N3O3/c1-11-10(14)9(13-15)12-7-3-5-8(16-2)6-4-7/h3-6,15H,1-2H3,(H,11,14)(H,12,13). The van der Waals surface area contributed by atoms with E-state index in [0.29, 0.717) is 11.4 Å². The molecule has 16 heavy (non-hydrogen) atoms. The van der Waals surface area contributed by atoms with Crippen LogP contribution in [0.25, 0.3) is 0 Å². The lowest BCUT2D eigenvalue weighted by molar-refractivity contribution is -0.114. The third-order valence-electron chi connectivity index (χ3n) is 1.86. The summed E-state index contributed by atoms with van der Waals surface area (Å²) in [5, 5.41) is 11.1. The maximum Gasteiger partial charge on any atom is 0.288 e. The second-order valence-corrected chi connectivity index (χ2v) is 2.85. The second kappa shape index (κ2) is 5.72. The van der Waals surface area contributed by atoms with Crippen molar-refractivity contribution in [3.05, 3.63) is 24.3 Å². The fraction of sp³-hybridized carbons (Fsp3) is 0.200. The molecular formula is C10H13N3O3. The highest BCUT2D eigenvalue weighted by atomic mass is 16.5. The number of hydroxylamine groups is 1. The van der Waals surface area contributed by atoms with Gasteiger partial charge in [-0.15, -0.1) is 0 Å². The molecule has 0 saturated heterocycles. The molecular weight excluding hydrogens is 210 g/mol. The van der Waals surface area contributed by atoms with Crippen molar-refractivity contribution < 1.29 is 14.7 Å². The highest BCUT2D eigenvalue weighted by molar-refractivity contribution is 6.37. The van der Waals surface area contributed by atoms with E-state index in [1.54, 1.807) is 36.9 Å². The predicted molar refractivity (Wildman–Crippen MR) is 59.1 cm³/mol. The molecule has 1 amide bonds. The molecule has 0 radical (unpaired) electrons. The molecule has 0 aliphatic carbocycles. The molecule has 1 rings (SSSR count). The van der Waals surface area contributed by atoms with Crippen molar-refractivity contribution in [3.8, 4) is 5.75 Å². The summed E-state index contributed by atoms with van der Waals surface area (Å²) in [4.78, 5) is 15.1. The van der Waals surface area contributed by atoms with Crippen molar-refractivity contribution in [3.63, 3.8) is 0 Å². The van der Waals surface area contributed by atoms with Crippen LogP contribution in [0.1, 0.15) is 0 Å². The molecule has 6 heteroatoms. The minimum absolute atomic E-state index is 0.173. The van der Waals surface area contributed by atoms with Crippen LogP contribution < -0.4 is 15.5 Å². The zero-order valence-corrected chi connectivity index (χ0v) is 9.02. The van der Waals surface area contributed by atoms with Gasteiger partial charge in [0, 0.05) is 7.05 Å². The van der Waals surface area contributed by atoms with E-state index < -0.39 is 5.91 Å². The van der Waals surface area contributed by atoms with Gasteiger partial charge in [-0.1, -0.05) is 0 Å².